The van der Waals surface area contributed by atoms with Gasteiger partial charge in [-0.2, -0.15) is 0 Å². The highest BCUT2D eigenvalue weighted by Crippen LogP contribution is 1.98. The lowest BCUT2D eigenvalue weighted by molar-refractivity contribution is -0.0457. The fourth-order valence-electron chi connectivity index (χ4n) is 0.845. The molecule has 0 amide bonds. The van der Waals surface area contributed by atoms with E-state index in [-0.39, 0.29) is 39.1 Å². The van der Waals surface area contributed by atoms with Gasteiger partial charge >= 0.3 is 0 Å². The lowest BCUT2D eigenvalue weighted by Crippen LogP contribution is -2.23. The highest BCUT2D eigenvalue weighted by molar-refractivity contribution is 4.55. The maximum Gasteiger partial charge on any atom is 0.0847 e. The lowest BCUT2D eigenvalue weighted by atomic mass is 10.3. The van der Waals surface area contributed by atoms with Gasteiger partial charge in [-0.25, -0.2) is 5.11 Å². The molecule has 79 valence electrons. The van der Waals surface area contributed by atoms with E-state index in [1.807, 2.05) is 0 Å². The Bertz CT molecular complexity index is 98.5. The molecule has 0 heterocycles. The Labute approximate surface area is 77.9 Å². The molecule has 0 spiro atoms. The van der Waals surface area contributed by atoms with Gasteiger partial charge < -0.3 is 19.7 Å². The first-order valence-corrected chi connectivity index (χ1v) is 4.34. The minimum Gasteiger partial charge on any atom is -0.394 e. The Morgan fingerprint density at radius 2 is 1.85 bits per heavy atom. The highest BCUT2D eigenvalue weighted by atomic mass is 16.5. The van der Waals surface area contributed by atoms with Crippen LogP contribution < -0.4 is 0 Å². The van der Waals surface area contributed by atoms with Gasteiger partial charge in [0.25, 0.3) is 0 Å². The van der Waals surface area contributed by atoms with E-state index < -0.39 is 0 Å². The van der Waals surface area contributed by atoms with E-state index in [1.54, 1.807) is 0 Å². The molecule has 0 bridgehead atoms. The summed E-state index contributed by atoms with van der Waals surface area (Å²) < 4.78 is 10.1. The van der Waals surface area contributed by atoms with Gasteiger partial charge in [-0.3, -0.25) is 0 Å². The average molecular weight is 193 g/mol. The number of ether oxygens (including phenoxy) is 2. The topological polar surface area (TPSA) is 78.8 Å². The van der Waals surface area contributed by atoms with E-state index in [0.29, 0.717) is 13.0 Å². The van der Waals surface area contributed by atoms with E-state index >= 15 is 0 Å². The molecule has 1 radical (unpaired) electrons. The zero-order valence-electron chi connectivity index (χ0n) is 7.65. The molecule has 0 aromatic carbocycles. The summed E-state index contributed by atoms with van der Waals surface area (Å²) in [5, 5.41) is 27.2. The second kappa shape index (κ2) is 9.88. The second-order valence-electron chi connectivity index (χ2n) is 2.51. The standard InChI is InChI=1S/C8H17O5/c9-2-1-8(13-6-4-11)7-12-5-3-10/h8,10-11H,1-7H2. The molecule has 0 rings (SSSR count). The molecule has 0 aromatic heterocycles. The van der Waals surface area contributed by atoms with Crippen molar-refractivity contribution in [1.29, 1.82) is 0 Å². The van der Waals surface area contributed by atoms with Gasteiger partial charge in [0, 0.05) is 6.42 Å². The molecule has 1 unspecified atom stereocenters. The molecule has 13 heavy (non-hydrogen) atoms. The summed E-state index contributed by atoms with van der Waals surface area (Å²) in [6.07, 6.45) is 0.0991. The summed E-state index contributed by atoms with van der Waals surface area (Å²) in [5.41, 5.74) is 0. The second-order valence-corrected chi connectivity index (χ2v) is 2.51. The van der Waals surface area contributed by atoms with Crippen molar-refractivity contribution in [3.63, 3.8) is 0 Å². The Balaban J connectivity index is 3.41. The minimum absolute atomic E-state index is 0.0376. The third-order valence-electron chi connectivity index (χ3n) is 1.42. The van der Waals surface area contributed by atoms with E-state index in [0.717, 1.165) is 0 Å². The monoisotopic (exact) mass is 193 g/mol. The van der Waals surface area contributed by atoms with Gasteiger partial charge in [-0.05, 0) is 0 Å². The molecule has 5 nitrogen and oxygen atoms in total. The van der Waals surface area contributed by atoms with Crippen LogP contribution >= 0.6 is 0 Å². The molecule has 0 fully saturated rings. The van der Waals surface area contributed by atoms with Crippen molar-refractivity contribution in [2.24, 2.45) is 0 Å². The van der Waals surface area contributed by atoms with Crippen molar-refractivity contribution in [2.75, 3.05) is 39.6 Å². The van der Waals surface area contributed by atoms with Crippen LogP contribution in [0.15, 0.2) is 0 Å². The summed E-state index contributed by atoms with van der Waals surface area (Å²) in [6, 6.07) is 0. The van der Waals surface area contributed by atoms with Crippen LogP contribution in [-0.4, -0.2) is 56.0 Å². The van der Waals surface area contributed by atoms with E-state index in [2.05, 4.69) is 0 Å². The predicted molar refractivity (Wildman–Crippen MR) is 44.9 cm³/mol. The number of hydrogen-bond donors (Lipinski definition) is 2. The van der Waals surface area contributed by atoms with Crippen LogP contribution in [0.4, 0.5) is 0 Å². The van der Waals surface area contributed by atoms with Crippen LogP contribution in [0, 0.1) is 0 Å². The van der Waals surface area contributed by atoms with Gasteiger partial charge in [0.2, 0.25) is 0 Å². The first-order chi connectivity index (χ1) is 6.35. The van der Waals surface area contributed by atoms with Crippen molar-refractivity contribution in [1.82, 2.24) is 0 Å². The Kier molecular flexibility index (Phi) is 9.73. The van der Waals surface area contributed by atoms with Gasteiger partial charge in [0.1, 0.15) is 0 Å². The SMILES string of the molecule is [O]CCC(COCCO)OCCO. The van der Waals surface area contributed by atoms with E-state index in [1.165, 1.54) is 0 Å². The van der Waals surface area contributed by atoms with Crippen LogP contribution in [0.25, 0.3) is 0 Å². The first kappa shape index (κ1) is 12.8. The fourth-order valence-corrected chi connectivity index (χ4v) is 0.845. The van der Waals surface area contributed by atoms with Crippen molar-refractivity contribution >= 4 is 0 Å². The van der Waals surface area contributed by atoms with Crippen LogP contribution in [0.1, 0.15) is 6.42 Å². The molecule has 0 aliphatic carbocycles. The average Bonchev–Trinajstić information content (AvgIpc) is 2.14. The van der Waals surface area contributed by atoms with Gasteiger partial charge in [0.15, 0.2) is 0 Å². The third kappa shape index (κ3) is 8.14. The van der Waals surface area contributed by atoms with Crippen LogP contribution in [-0.2, 0) is 14.6 Å². The Hall–Kier alpha value is -0.200. The van der Waals surface area contributed by atoms with E-state index in [9.17, 15) is 5.11 Å². The number of aliphatic hydroxyl groups is 2. The first-order valence-electron chi connectivity index (χ1n) is 4.34. The summed E-state index contributed by atoms with van der Waals surface area (Å²) >= 11 is 0. The normalized spacial score (nSPS) is 13.2. The van der Waals surface area contributed by atoms with Crippen LogP contribution in [0.2, 0.25) is 0 Å². The number of rotatable bonds is 9. The largest absolute Gasteiger partial charge is 0.394 e. The maximum absolute atomic E-state index is 10.3. The zero-order chi connectivity index (χ0) is 9.94. The van der Waals surface area contributed by atoms with Gasteiger partial charge in [-0.1, -0.05) is 0 Å². The van der Waals surface area contributed by atoms with E-state index in [4.69, 9.17) is 19.7 Å². The minimum atomic E-state index is -0.267. The number of aliphatic hydroxyl groups excluding tert-OH is 2. The Morgan fingerprint density at radius 3 is 2.38 bits per heavy atom. The van der Waals surface area contributed by atoms with Crippen molar-refractivity contribution in [3.8, 4) is 0 Å². The lowest BCUT2D eigenvalue weighted by Gasteiger charge is -2.15. The highest BCUT2D eigenvalue weighted by Gasteiger charge is 2.08. The predicted octanol–water partition coefficient (Wildman–Crippen LogP) is -0.807. The molecule has 0 aromatic rings. The summed E-state index contributed by atoms with van der Waals surface area (Å²) in [4.78, 5) is 0. The van der Waals surface area contributed by atoms with Crippen molar-refractivity contribution in [2.45, 2.75) is 12.5 Å². The molecule has 0 aliphatic heterocycles. The molecule has 2 N–H and O–H groups in total. The quantitative estimate of drug-likeness (QED) is 0.469. The third-order valence-corrected chi connectivity index (χ3v) is 1.42. The summed E-state index contributed by atoms with van der Waals surface area (Å²) in [6.45, 7) is 0.436. The molecular formula is C8H17O5. The molecule has 0 saturated heterocycles. The zero-order valence-corrected chi connectivity index (χ0v) is 7.65. The summed E-state index contributed by atoms with van der Waals surface area (Å²) in [5.74, 6) is 0. The van der Waals surface area contributed by atoms with Crippen molar-refractivity contribution < 1.29 is 24.8 Å². The van der Waals surface area contributed by atoms with Crippen LogP contribution in [0.3, 0.4) is 0 Å². The molecule has 0 aliphatic rings. The number of hydrogen-bond acceptors (Lipinski definition) is 4. The summed E-state index contributed by atoms with van der Waals surface area (Å²) in [7, 11) is 0. The maximum atomic E-state index is 10.3. The molecular weight excluding hydrogens is 176 g/mol. The smallest absolute Gasteiger partial charge is 0.0847 e. The van der Waals surface area contributed by atoms with Gasteiger partial charge in [0.05, 0.1) is 45.7 Å². The van der Waals surface area contributed by atoms with Crippen molar-refractivity contribution in [3.05, 3.63) is 0 Å². The fraction of sp³-hybridized carbons (Fsp3) is 1.00. The van der Waals surface area contributed by atoms with Crippen LogP contribution in [0.5, 0.6) is 0 Å². The van der Waals surface area contributed by atoms with Gasteiger partial charge in [-0.15, -0.1) is 0 Å². The molecule has 1 atom stereocenters. The molecule has 5 heteroatoms. The Morgan fingerprint density at radius 1 is 1.15 bits per heavy atom. The molecule has 0 saturated carbocycles.